The first kappa shape index (κ1) is 18.1. The average Bonchev–Trinajstić information content (AvgIpc) is 2.54. The molecule has 0 saturated carbocycles. The summed E-state index contributed by atoms with van der Waals surface area (Å²) in [4.78, 5) is 16.2. The van der Waals surface area contributed by atoms with Crippen LogP contribution in [-0.2, 0) is 11.2 Å². The van der Waals surface area contributed by atoms with Gasteiger partial charge in [-0.15, -0.1) is 0 Å². The molecule has 1 heterocycles. The van der Waals surface area contributed by atoms with Gasteiger partial charge in [-0.2, -0.15) is 0 Å². The molecule has 1 N–H and O–H groups in total. The van der Waals surface area contributed by atoms with Gasteiger partial charge in [0.05, 0.1) is 18.6 Å². The van der Waals surface area contributed by atoms with Crippen molar-refractivity contribution in [2.75, 3.05) is 7.11 Å². The number of hydrogen-bond donors (Lipinski definition) is 1. The molecule has 24 heavy (non-hydrogen) atoms. The highest BCUT2D eigenvalue weighted by molar-refractivity contribution is 7.97. The van der Waals surface area contributed by atoms with Crippen LogP contribution < -0.4 is 14.2 Å². The van der Waals surface area contributed by atoms with Crippen LogP contribution in [0, 0.1) is 0 Å². The molecule has 0 bridgehead atoms. The van der Waals surface area contributed by atoms with Crippen molar-refractivity contribution in [3.05, 3.63) is 53.7 Å². The van der Waals surface area contributed by atoms with E-state index in [9.17, 15) is 4.79 Å². The molecule has 0 unspecified atom stereocenters. The highest BCUT2D eigenvalue weighted by Gasteiger charge is 2.15. The van der Waals surface area contributed by atoms with Crippen LogP contribution in [0.1, 0.15) is 32.0 Å². The number of nitrogens with zero attached hydrogens (tertiary/aromatic N) is 1. The molecule has 0 aliphatic heterocycles. The summed E-state index contributed by atoms with van der Waals surface area (Å²) in [7, 11) is 1.57. The van der Waals surface area contributed by atoms with Crippen molar-refractivity contribution in [1.29, 1.82) is 0 Å². The van der Waals surface area contributed by atoms with Gasteiger partial charge in [0, 0.05) is 6.07 Å². The van der Waals surface area contributed by atoms with Gasteiger partial charge < -0.3 is 9.47 Å². The fourth-order valence-corrected chi connectivity index (χ4v) is 2.51. The number of amides is 1. The van der Waals surface area contributed by atoms with Crippen LogP contribution in [0.5, 0.6) is 11.6 Å². The Morgan fingerprint density at radius 3 is 2.67 bits per heavy atom. The third-order valence-electron chi connectivity index (χ3n) is 3.28. The molecule has 0 aliphatic rings. The Kier molecular flexibility index (Phi) is 6.09. The van der Waals surface area contributed by atoms with Crippen molar-refractivity contribution in [2.45, 2.75) is 31.9 Å². The molecule has 6 heteroatoms. The Hall–Kier alpha value is -2.21. The smallest absolute Gasteiger partial charge is 0.422 e. The summed E-state index contributed by atoms with van der Waals surface area (Å²) in [5, 5.41) is 0. The number of carbonyl (C=O) groups is 1. The van der Waals surface area contributed by atoms with Crippen LogP contribution in [0.2, 0.25) is 0 Å². The fourth-order valence-electron chi connectivity index (χ4n) is 1.97. The van der Waals surface area contributed by atoms with Crippen LogP contribution >= 0.6 is 11.9 Å². The van der Waals surface area contributed by atoms with E-state index in [1.807, 2.05) is 30.3 Å². The number of methoxy groups -OCH3 is 1. The third kappa shape index (κ3) is 5.45. The Bertz CT molecular complexity index is 699. The van der Waals surface area contributed by atoms with Gasteiger partial charge in [-0.1, -0.05) is 39.0 Å². The van der Waals surface area contributed by atoms with E-state index < -0.39 is 6.09 Å². The molecule has 0 spiro atoms. The van der Waals surface area contributed by atoms with Crippen LogP contribution in [0.25, 0.3) is 0 Å². The number of nitrogens with one attached hydrogen (secondary N) is 1. The van der Waals surface area contributed by atoms with Gasteiger partial charge >= 0.3 is 6.09 Å². The molecule has 1 aromatic heterocycles. The molecule has 128 valence electrons. The van der Waals surface area contributed by atoms with E-state index in [1.54, 1.807) is 19.2 Å². The first-order valence-corrected chi connectivity index (χ1v) is 8.57. The molecule has 5 nitrogen and oxygen atoms in total. The zero-order chi connectivity index (χ0) is 17.6. The molecule has 0 fully saturated rings. The Labute approximate surface area is 146 Å². The van der Waals surface area contributed by atoms with Crippen molar-refractivity contribution in [3.8, 4) is 11.6 Å². The van der Waals surface area contributed by atoms with E-state index in [0.29, 0.717) is 17.4 Å². The van der Waals surface area contributed by atoms with Crippen molar-refractivity contribution in [1.82, 2.24) is 9.71 Å². The van der Waals surface area contributed by atoms with Gasteiger partial charge in [0.1, 0.15) is 5.75 Å². The standard InChI is InChI=1S/C18H22N2O3S/c1-18(2,3)13-7-5-9-15(11-13)23-17(21)20-24-12-14-8-6-10-16(19-14)22-4/h5-11H,12H2,1-4H3,(H,20,21). The maximum Gasteiger partial charge on any atom is 0.422 e. The Balaban J connectivity index is 1.85. The van der Waals surface area contributed by atoms with Gasteiger partial charge in [-0.25, -0.2) is 9.78 Å². The van der Waals surface area contributed by atoms with Crippen LogP contribution in [0.15, 0.2) is 42.5 Å². The first-order chi connectivity index (χ1) is 11.4. The highest BCUT2D eigenvalue weighted by Crippen LogP contribution is 2.25. The van der Waals surface area contributed by atoms with Gasteiger partial charge in [-0.3, -0.25) is 4.72 Å². The molecule has 1 aromatic carbocycles. The molecular weight excluding hydrogens is 324 g/mol. The van der Waals surface area contributed by atoms with Crippen LogP contribution in [0.4, 0.5) is 4.79 Å². The van der Waals surface area contributed by atoms with Gasteiger partial charge in [0.15, 0.2) is 0 Å². The molecule has 2 aromatic rings. The van der Waals surface area contributed by atoms with E-state index in [1.165, 1.54) is 11.9 Å². The maximum atomic E-state index is 11.9. The maximum absolute atomic E-state index is 11.9. The van der Waals surface area contributed by atoms with Crippen LogP contribution in [-0.4, -0.2) is 18.2 Å². The van der Waals surface area contributed by atoms with Crippen LogP contribution in [0.3, 0.4) is 0 Å². The van der Waals surface area contributed by atoms with E-state index in [2.05, 4.69) is 30.5 Å². The van der Waals surface area contributed by atoms with Crippen molar-refractivity contribution in [3.63, 3.8) is 0 Å². The summed E-state index contributed by atoms with van der Waals surface area (Å²) >= 11 is 1.22. The second kappa shape index (κ2) is 8.06. The lowest BCUT2D eigenvalue weighted by Gasteiger charge is -2.19. The normalized spacial score (nSPS) is 11.0. The topological polar surface area (TPSA) is 60.5 Å². The van der Waals surface area contributed by atoms with Crippen molar-refractivity contribution in [2.24, 2.45) is 0 Å². The monoisotopic (exact) mass is 346 g/mol. The van der Waals surface area contributed by atoms with E-state index in [4.69, 9.17) is 9.47 Å². The second-order valence-electron chi connectivity index (χ2n) is 6.23. The lowest BCUT2D eigenvalue weighted by molar-refractivity contribution is 0.207. The molecule has 0 radical (unpaired) electrons. The summed E-state index contributed by atoms with van der Waals surface area (Å²) in [5.74, 6) is 1.60. The molecule has 0 aliphatic carbocycles. The first-order valence-electron chi connectivity index (χ1n) is 7.58. The quantitative estimate of drug-likeness (QED) is 0.817. The van der Waals surface area contributed by atoms with E-state index in [0.717, 1.165) is 11.3 Å². The van der Waals surface area contributed by atoms with E-state index >= 15 is 0 Å². The lowest BCUT2D eigenvalue weighted by Crippen LogP contribution is -2.21. The Morgan fingerprint density at radius 1 is 1.21 bits per heavy atom. The number of carbonyl (C=O) groups excluding carboxylic acids is 1. The van der Waals surface area contributed by atoms with Gasteiger partial charge in [-0.05, 0) is 41.1 Å². The van der Waals surface area contributed by atoms with E-state index in [-0.39, 0.29) is 5.41 Å². The molecule has 0 saturated heterocycles. The molecule has 0 atom stereocenters. The fraction of sp³-hybridized carbons (Fsp3) is 0.333. The summed E-state index contributed by atoms with van der Waals surface area (Å²) in [5.41, 5.74) is 1.93. The minimum absolute atomic E-state index is 0.00261. The Morgan fingerprint density at radius 2 is 1.96 bits per heavy atom. The number of aromatic nitrogens is 1. The second-order valence-corrected chi connectivity index (χ2v) is 7.01. The largest absolute Gasteiger partial charge is 0.481 e. The predicted octanol–water partition coefficient (Wildman–Crippen LogP) is 4.32. The van der Waals surface area contributed by atoms with Gasteiger partial charge in [0.2, 0.25) is 5.88 Å². The SMILES string of the molecule is COc1cccc(CSNC(=O)Oc2cccc(C(C)(C)C)c2)n1. The zero-order valence-corrected chi connectivity index (χ0v) is 15.1. The minimum Gasteiger partial charge on any atom is -0.481 e. The number of ether oxygens (including phenoxy) is 2. The average molecular weight is 346 g/mol. The van der Waals surface area contributed by atoms with Crippen molar-refractivity contribution < 1.29 is 14.3 Å². The molecule has 1 amide bonds. The van der Waals surface area contributed by atoms with Gasteiger partial charge in [0.25, 0.3) is 0 Å². The summed E-state index contributed by atoms with van der Waals surface area (Å²) < 4.78 is 13.0. The lowest BCUT2D eigenvalue weighted by atomic mass is 9.87. The number of rotatable bonds is 5. The number of pyridine rings is 1. The molecular formula is C18H22N2O3S. The molecule has 2 rings (SSSR count). The summed E-state index contributed by atoms with van der Waals surface area (Å²) in [6.45, 7) is 6.34. The minimum atomic E-state index is -0.506. The zero-order valence-electron chi connectivity index (χ0n) is 14.3. The predicted molar refractivity (Wildman–Crippen MR) is 96.4 cm³/mol. The number of benzene rings is 1. The number of hydrogen-bond acceptors (Lipinski definition) is 5. The summed E-state index contributed by atoms with van der Waals surface area (Å²) in [6, 6.07) is 13.1. The highest BCUT2D eigenvalue weighted by atomic mass is 32.2. The van der Waals surface area contributed by atoms with Crippen molar-refractivity contribution >= 4 is 18.0 Å². The summed E-state index contributed by atoms with van der Waals surface area (Å²) in [6.07, 6.45) is -0.506. The third-order valence-corrected chi connectivity index (χ3v) is 4.03.